The molecule has 0 unspecified atom stereocenters. The normalized spacial score (nSPS) is 11.7. The van der Waals surface area contributed by atoms with E-state index in [1.165, 1.54) is 0 Å². The highest BCUT2D eigenvalue weighted by Crippen LogP contribution is 2.25. The van der Waals surface area contributed by atoms with E-state index in [1.807, 2.05) is 0 Å². The fourth-order valence-corrected chi connectivity index (χ4v) is 1.05. The molecule has 0 atom stereocenters. The second-order valence-electron chi connectivity index (χ2n) is 3.34. The first-order valence-electron chi connectivity index (χ1n) is 4.58. The molecule has 0 spiro atoms. The van der Waals surface area contributed by atoms with Crippen molar-refractivity contribution in [2.75, 3.05) is 11.9 Å². The Morgan fingerprint density at radius 2 is 2.00 bits per heavy atom. The molecule has 1 aromatic rings. The average molecular weight is 270 g/mol. The Bertz CT molecular complexity index is 453. The summed E-state index contributed by atoms with van der Waals surface area (Å²) >= 11 is 0. The van der Waals surface area contributed by atoms with Gasteiger partial charge in [-0.3, -0.25) is 10.1 Å². The summed E-state index contributed by atoms with van der Waals surface area (Å²) in [4.78, 5) is 9.40. The van der Waals surface area contributed by atoms with Gasteiger partial charge in [0.25, 0.3) is 5.69 Å². The molecule has 4 nitrogen and oxygen atoms in total. The molecule has 0 aromatic heterocycles. The molecule has 9 heteroatoms. The minimum Gasteiger partial charge on any atom is -0.376 e. The van der Waals surface area contributed by atoms with Gasteiger partial charge in [0.2, 0.25) is 0 Å². The molecular formula is C9H7F5N2O2. The number of hydrogen-bond donors (Lipinski definition) is 1. The molecule has 18 heavy (non-hydrogen) atoms. The van der Waals surface area contributed by atoms with E-state index in [1.54, 1.807) is 5.32 Å². The van der Waals surface area contributed by atoms with Gasteiger partial charge in [-0.05, 0) is 6.07 Å². The zero-order valence-corrected chi connectivity index (χ0v) is 8.67. The molecule has 0 fully saturated rings. The number of benzene rings is 1. The van der Waals surface area contributed by atoms with Crippen LogP contribution < -0.4 is 5.32 Å². The van der Waals surface area contributed by atoms with Gasteiger partial charge < -0.3 is 5.32 Å². The fourth-order valence-electron chi connectivity index (χ4n) is 1.05. The summed E-state index contributed by atoms with van der Waals surface area (Å²) in [5, 5.41) is 12.0. The third kappa shape index (κ3) is 3.28. The maximum Gasteiger partial charge on any atom is 0.324 e. The summed E-state index contributed by atoms with van der Waals surface area (Å²) in [6, 6.07) is 2.20. The van der Waals surface area contributed by atoms with Crippen molar-refractivity contribution >= 4 is 11.4 Å². The van der Waals surface area contributed by atoms with E-state index in [9.17, 15) is 32.1 Å². The van der Waals surface area contributed by atoms with Crippen LogP contribution in [-0.4, -0.2) is 23.8 Å². The molecule has 1 aromatic carbocycles. The summed E-state index contributed by atoms with van der Waals surface area (Å²) in [5.74, 6) is -5.48. The number of nitrogens with zero attached hydrogens (tertiary/aromatic N) is 1. The fraction of sp³-hybridized carbons (Fsp3) is 0.333. The molecule has 0 saturated carbocycles. The van der Waals surface area contributed by atoms with Gasteiger partial charge in [-0.1, -0.05) is 0 Å². The van der Waals surface area contributed by atoms with Crippen molar-refractivity contribution in [3.8, 4) is 0 Å². The van der Waals surface area contributed by atoms with Crippen LogP contribution in [0.3, 0.4) is 0 Å². The van der Waals surface area contributed by atoms with E-state index in [0.717, 1.165) is 12.1 Å². The highest BCUT2D eigenvalue weighted by molar-refractivity contribution is 5.50. The van der Waals surface area contributed by atoms with Crippen LogP contribution in [0.15, 0.2) is 18.2 Å². The van der Waals surface area contributed by atoms with Crippen molar-refractivity contribution in [2.24, 2.45) is 0 Å². The molecule has 0 aliphatic heterocycles. The van der Waals surface area contributed by atoms with Crippen LogP contribution in [0, 0.1) is 15.9 Å². The number of halogens is 5. The zero-order chi connectivity index (χ0) is 13.9. The Balaban J connectivity index is 2.78. The van der Waals surface area contributed by atoms with Crippen LogP contribution in [0.1, 0.15) is 0 Å². The lowest BCUT2D eigenvalue weighted by atomic mass is 10.2. The average Bonchev–Trinajstić information content (AvgIpc) is 2.26. The molecule has 0 saturated heterocycles. The van der Waals surface area contributed by atoms with Crippen LogP contribution in [-0.2, 0) is 0 Å². The highest BCUT2D eigenvalue weighted by atomic mass is 19.3. The first-order valence-corrected chi connectivity index (χ1v) is 4.58. The SMILES string of the molecule is O=[N+]([O-])c1ccc(NCC(F)(F)C(F)F)c(F)c1. The second kappa shape index (κ2) is 5.15. The van der Waals surface area contributed by atoms with Crippen LogP contribution >= 0.6 is 0 Å². The van der Waals surface area contributed by atoms with Crippen LogP contribution in [0.25, 0.3) is 0 Å². The third-order valence-corrected chi connectivity index (χ3v) is 2.00. The minimum absolute atomic E-state index is 0.503. The summed E-state index contributed by atoms with van der Waals surface area (Å²) in [6.07, 6.45) is -3.88. The number of alkyl halides is 4. The number of non-ortho nitro benzene ring substituents is 1. The van der Waals surface area contributed by atoms with Gasteiger partial charge >= 0.3 is 12.3 Å². The zero-order valence-electron chi connectivity index (χ0n) is 8.67. The number of anilines is 1. The quantitative estimate of drug-likeness (QED) is 0.508. The lowest BCUT2D eigenvalue weighted by Crippen LogP contribution is -2.35. The van der Waals surface area contributed by atoms with E-state index in [-0.39, 0.29) is 0 Å². The minimum atomic E-state index is -4.31. The highest BCUT2D eigenvalue weighted by Gasteiger charge is 2.40. The van der Waals surface area contributed by atoms with Gasteiger partial charge in [0.15, 0.2) is 5.82 Å². The van der Waals surface area contributed by atoms with Crippen molar-refractivity contribution in [1.82, 2.24) is 0 Å². The van der Waals surface area contributed by atoms with Crippen molar-refractivity contribution in [3.63, 3.8) is 0 Å². The lowest BCUT2D eigenvalue weighted by molar-refractivity contribution is -0.385. The van der Waals surface area contributed by atoms with Crippen molar-refractivity contribution in [3.05, 3.63) is 34.1 Å². The Morgan fingerprint density at radius 1 is 1.39 bits per heavy atom. The molecular weight excluding hydrogens is 263 g/mol. The second-order valence-corrected chi connectivity index (χ2v) is 3.34. The van der Waals surface area contributed by atoms with Crippen molar-refractivity contribution < 1.29 is 26.9 Å². The molecule has 1 rings (SSSR count). The van der Waals surface area contributed by atoms with E-state index in [2.05, 4.69) is 0 Å². The third-order valence-electron chi connectivity index (χ3n) is 2.00. The smallest absolute Gasteiger partial charge is 0.324 e. The molecule has 1 N–H and O–H groups in total. The number of rotatable bonds is 5. The topological polar surface area (TPSA) is 55.2 Å². The van der Waals surface area contributed by atoms with Gasteiger partial charge in [0, 0.05) is 6.07 Å². The first-order chi connectivity index (χ1) is 8.24. The standard InChI is InChI=1S/C9H7F5N2O2/c10-6-3-5(16(17)18)1-2-7(6)15-4-9(13,14)8(11)12/h1-3,8,15H,4H2. The predicted molar refractivity (Wildman–Crippen MR) is 52.5 cm³/mol. The largest absolute Gasteiger partial charge is 0.376 e. The number of nitrogens with one attached hydrogen (secondary N) is 1. The summed E-state index contributed by atoms with van der Waals surface area (Å²) < 4.78 is 61.9. The number of hydrogen-bond acceptors (Lipinski definition) is 3. The molecule has 0 heterocycles. The summed E-state index contributed by atoms with van der Waals surface area (Å²) in [7, 11) is 0. The van der Waals surface area contributed by atoms with Gasteiger partial charge in [0.05, 0.1) is 23.2 Å². The van der Waals surface area contributed by atoms with Crippen LogP contribution in [0.4, 0.5) is 33.3 Å². The van der Waals surface area contributed by atoms with Gasteiger partial charge in [-0.25, -0.2) is 13.2 Å². The predicted octanol–water partition coefficient (Wildman–Crippen LogP) is 3.05. The molecule has 0 radical (unpaired) electrons. The van der Waals surface area contributed by atoms with Crippen LogP contribution in [0.2, 0.25) is 0 Å². The van der Waals surface area contributed by atoms with Gasteiger partial charge in [-0.2, -0.15) is 8.78 Å². The van der Waals surface area contributed by atoms with E-state index in [0.29, 0.717) is 6.07 Å². The first kappa shape index (κ1) is 14.1. The van der Waals surface area contributed by atoms with Crippen LogP contribution in [0.5, 0.6) is 0 Å². The number of nitro groups is 1. The Labute approximate surface area is 97.6 Å². The maximum atomic E-state index is 13.2. The molecule has 0 aliphatic carbocycles. The Morgan fingerprint density at radius 3 is 2.44 bits per heavy atom. The number of nitro benzene ring substituents is 1. The summed E-state index contributed by atoms with van der Waals surface area (Å²) in [6.45, 7) is -1.47. The molecule has 0 amide bonds. The molecule has 100 valence electrons. The van der Waals surface area contributed by atoms with E-state index >= 15 is 0 Å². The lowest BCUT2D eigenvalue weighted by Gasteiger charge is -2.16. The van der Waals surface area contributed by atoms with E-state index < -0.39 is 41.0 Å². The van der Waals surface area contributed by atoms with Crippen molar-refractivity contribution in [1.29, 1.82) is 0 Å². The van der Waals surface area contributed by atoms with Crippen molar-refractivity contribution in [2.45, 2.75) is 12.3 Å². The van der Waals surface area contributed by atoms with Gasteiger partial charge in [-0.15, -0.1) is 0 Å². The Kier molecular flexibility index (Phi) is 4.04. The van der Waals surface area contributed by atoms with Gasteiger partial charge in [0.1, 0.15) is 0 Å². The van der Waals surface area contributed by atoms with E-state index in [4.69, 9.17) is 0 Å². The maximum absolute atomic E-state index is 13.2. The summed E-state index contributed by atoms with van der Waals surface area (Å²) in [5.41, 5.74) is -1.08. The molecule has 0 aliphatic rings. The Hall–Kier alpha value is -1.93. The molecule has 0 bridgehead atoms. The monoisotopic (exact) mass is 270 g/mol.